The number of nitrogens with zero attached hydrogens (tertiary/aromatic N) is 4. The lowest BCUT2D eigenvalue weighted by Crippen LogP contribution is -2.49. The van der Waals surface area contributed by atoms with Crippen molar-refractivity contribution in [3.8, 4) is 11.4 Å². The fourth-order valence-electron chi connectivity index (χ4n) is 3.64. The lowest BCUT2D eigenvalue weighted by atomic mass is 10.0. The summed E-state index contributed by atoms with van der Waals surface area (Å²) in [7, 11) is 0. The predicted octanol–water partition coefficient (Wildman–Crippen LogP) is 1.77. The highest BCUT2D eigenvalue weighted by Crippen LogP contribution is 2.19. The van der Waals surface area contributed by atoms with E-state index in [-0.39, 0.29) is 6.03 Å². The lowest BCUT2D eigenvalue weighted by molar-refractivity contribution is 0.125. The third-order valence-electron chi connectivity index (χ3n) is 4.95. The number of rotatable bonds is 5. The molecular weight excluding hydrogens is 318 g/mol. The molecule has 25 heavy (non-hydrogen) atoms. The van der Waals surface area contributed by atoms with Gasteiger partial charge in [0.1, 0.15) is 0 Å². The van der Waals surface area contributed by atoms with E-state index in [1.54, 1.807) is 0 Å². The summed E-state index contributed by atoms with van der Waals surface area (Å²) in [5.41, 5.74) is 0.968. The van der Waals surface area contributed by atoms with Gasteiger partial charge in [-0.1, -0.05) is 35.5 Å². The van der Waals surface area contributed by atoms with Crippen LogP contribution in [0.3, 0.4) is 0 Å². The molecule has 0 spiro atoms. The van der Waals surface area contributed by atoms with Crippen molar-refractivity contribution in [3.05, 3.63) is 36.2 Å². The van der Waals surface area contributed by atoms with E-state index >= 15 is 0 Å². The minimum Gasteiger partial charge on any atom is -0.339 e. The molecule has 2 aliphatic heterocycles. The van der Waals surface area contributed by atoms with Gasteiger partial charge in [-0.15, -0.1) is 0 Å². The third kappa shape index (κ3) is 3.66. The number of urea groups is 1. The van der Waals surface area contributed by atoms with Crippen molar-refractivity contribution >= 4 is 6.03 Å². The van der Waals surface area contributed by atoms with E-state index in [0.29, 0.717) is 17.8 Å². The molecule has 2 aliphatic rings. The van der Waals surface area contributed by atoms with Crippen LogP contribution >= 0.6 is 0 Å². The molecule has 1 aromatic carbocycles. The summed E-state index contributed by atoms with van der Waals surface area (Å²) in [4.78, 5) is 20.7. The number of hydrogen-bond donors (Lipinski definition) is 1. The van der Waals surface area contributed by atoms with Gasteiger partial charge in [-0.3, -0.25) is 0 Å². The van der Waals surface area contributed by atoms with Gasteiger partial charge in [0.15, 0.2) is 0 Å². The van der Waals surface area contributed by atoms with Crippen LogP contribution < -0.4 is 5.32 Å². The summed E-state index contributed by atoms with van der Waals surface area (Å²) in [6, 6.07) is 10.3. The van der Waals surface area contributed by atoms with Crippen LogP contribution in [0.2, 0.25) is 0 Å². The molecule has 0 unspecified atom stereocenters. The number of hydrogen-bond acceptors (Lipinski definition) is 5. The number of piperidine rings is 1. The first-order valence-electron chi connectivity index (χ1n) is 8.94. The predicted molar refractivity (Wildman–Crippen MR) is 93.0 cm³/mol. The van der Waals surface area contributed by atoms with Gasteiger partial charge in [-0.05, 0) is 19.4 Å². The van der Waals surface area contributed by atoms with E-state index < -0.39 is 0 Å². The van der Waals surface area contributed by atoms with E-state index in [1.807, 2.05) is 35.2 Å². The van der Waals surface area contributed by atoms with Crippen LogP contribution in [0.1, 0.15) is 18.7 Å². The highest BCUT2D eigenvalue weighted by molar-refractivity contribution is 5.76. The summed E-state index contributed by atoms with van der Waals surface area (Å²) in [6.45, 7) is 4.45. The Kier molecular flexibility index (Phi) is 4.65. The summed E-state index contributed by atoms with van der Waals surface area (Å²) in [5.74, 6) is 1.31. The number of amides is 2. The molecule has 1 aromatic heterocycles. The molecule has 1 N–H and O–H groups in total. The first kappa shape index (κ1) is 16.1. The topological polar surface area (TPSA) is 74.5 Å². The monoisotopic (exact) mass is 341 g/mol. The van der Waals surface area contributed by atoms with E-state index in [1.165, 1.54) is 0 Å². The Morgan fingerprint density at radius 3 is 2.92 bits per heavy atom. The van der Waals surface area contributed by atoms with Gasteiger partial charge >= 0.3 is 6.03 Å². The molecule has 7 heteroatoms. The van der Waals surface area contributed by atoms with Crippen molar-refractivity contribution in [3.63, 3.8) is 0 Å². The van der Waals surface area contributed by atoms with Crippen molar-refractivity contribution in [2.75, 3.05) is 32.7 Å². The Morgan fingerprint density at radius 1 is 1.24 bits per heavy atom. The molecule has 0 saturated carbocycles. The SMILES string of the molecule is O=C1NCCN1[C@@H]1CCCN(CCc2nc(-c3ccccc3)no2)C1. The van der Waals surface area contributed by atoms with Crippen molar-refractivity contribution in [2.24, 2.45) is 0 Å². The molecule has 2 amide bonds. The molecule has 3 heterocycles. The first-order chi connectivity index (χ1) is 12.3. The minimum absolute atomic E-state index is 0.0799. The normalized spacial score (nSPS) is 21.5. The van der Waals surface area contributed by atoms with Gasteiger partial charge < -0.3 is 19.6 Å². The first-order valence-corrected chi connectivity index (χ1v) is 8.94. The molecule has 0 radical (unpaired) electrons. The molecule has 2 fully saturated rings. The average Bonchev–Trinajstić information content (AvgIpc) is 3.30. The number of benzene rings is 1. The summed E-state index contributed by atoms with van der Waals surface area (Å²) >= 11 is 0. The summed E-state index contributed by atoms with van der Waals surface area (Å²) in [6.07, 6.45) is 2.94. The molecule has 7 nitrogen and oxygen atoms in total. The number of carbonyl (C=O) groups is 1. The minimum atomic E-state index is 0.0799. The average molecular weight is 341 g/mol. The number of likely N-dealkylation sites (tertiary alicyclic amines) is 1. The zero-order chi connectivity index (χ0) is 17.1. The molecule has 1 atom stereocenters. The van der Waals surface area contributed by atoms with E-state index in [2.05, 4.69) is 20.4 Å². The maximum Gasteiger partial charge on any atom is 0.317 e. The molecule has 2 aromatic rings. The largest absolute Gasteiger partial charge is 0.339 e. The fourth-order valence-corrected chi connectivity index (χ4v) is 3.64. The van der Waals surface area contributed by atoms with Gasteiger partial charge in [-0.2, -0.15) is 4.98 Å². The highest BCUT2D eigenvalue weighted by atomic mass is 16.5. The summed E-state index contributed by atoms with van der Waals surface area (Å²) in [5, 5.41) is 6.97. The van der Waals surface area contributed by atoms with Crippen LogP contribution in [0, 0.1) is 0 Å². The maximum absolute atomic E-state index is 11.9. The second kappa shape index (κ2) is 7.23. The zero-order valence-electron chi connectivity index (χ0n) is 14.2. The van der Waals surface area contributed by atoms with E-state index in [9.17, 15) is 4.79 Å². The molecular formula is C18H23N5O2. The number of nitrogens with one attached hydrogen (secondary N) is 1. The Balaban J connectivity index is 1.32. The van der Waals surface area contributed by atoms with Gasteiger partial charge in [0.2, 0.25) is 11.7 Å². The Hall–Kier alpha value is -2.41. The van der Waals surface area contributed by atoms with Crippen LogP contribution in [-0.4, -0.2) is 64.7 Å². The van der Waals surface area contributed by atoms with Crippen molar-refractivity contribution in [1.82, 2.24) is 25.3 Å². The fraction of sp³-hybridized carbons (Fsp3) is 0.500. The van der Waals surface area contributed by atoms with E-state index in [4.69, 9.17) is 4.52 Å². The van der Waals surface area contributed by atoms with Gasteiger partial charge in [-0.25, -0.2) is 4.79 Å². The molecule has 132 valence electrons. The second-order valence-corrected chi connectivity index (χ2v) is 6.65. The van der Waals surface area contributed by atoms with Crippen LogP contribution in [0.4, 0.5) is 4.79 Å². The van der Waals surface area contributed by atoms with Crippen LogP contribution in [0.25, 0.3) is 11.4 Å². The number of carbonyl (C=O) groups excluding carboxylic acids is 1. The smallest absolute Gasteiger partial charge is 0.317 e. The second-order valence-electron chi connectivity index (χ2n) is 6.65. The molecule has 2 saturated heterocycles. The zero-order valence-corrected chi connectivity index (χ0v) is 14.2. The van der Waals surface area contributed by atoms with Crippen LogP contribution in [0.15, 0.2) is 34.9 Å². The molecule has 0 aliphatic carbocycles. The van der Waals surface area contributed by atoms with Gasteiger partial charge in [0.25, 0.3) is 0 Å². The van der Waals surface area contributed by atoms with Crippen LogP contribution in [0.5, 0.6) is 0 Å². The summed E-state index contributed by atoms with van der Waals surface area (Å²) < 4.78 is 5.39. The molecule has 0 bridgehead atoms. The Labute approximate surface area is 147 Å². The quantitative estimate of drug-likeness (QED) is 0.897. The third-order valence-corrected chi connectivity index (χ3v) is 4.95. The van der Waals surface area contributed by atoms with Gasteiger partial charge in [0.05, 0.1) is 0 Å². The Morgan fingerprint density at radius 2 is 2.12 bits per heavy atom. The van der Waals surface area contributed by atoms with Gasteiger partial charge in [0, 0.05) is 44.2 Å². The lowest BCUT2D eigenvalue weighted by Gasteiger charge is -2.36. The maximum atomic E-state index is 11.9. The van der Waals surface area contributed by atoms with E-state index in [0.717, 1.165) is 57.5 Å². The van der Waals surface area contributed by atoms with Crippen molar-refractivity contribution in [1.29, 1.82) is 0 Å². The van der Waals surface area contributed by atoms with Crippen LogP contribution in [-0.2, 0) is 6.42 Å². The Bertz CT molecular complexity index is 717. The standard InChI is InChI=1S/C18H23N5O2/c24-18-19-9-12-23(18)15-7-4-10-22(13-15)11-8-16-20-17(21-25-16)14-5-2-1-3-6-14/h1-3,5-6,15H,4,7-13H2,(H,19,24)/t15-/m1/s1. The number of aromatic nitrogens is 2. The molecule has 4 rings (SSSR count). The van der Waals surface area contributed by atoms with Crippen molar-refractivity contribution in [2.45, 2.75) is 25.3 Å². The van der Waals surface area contributed by atoms with Crippen molar-refractivity contribution < 1.29 is 9.32 Å². The highest BCUT2D eigenvalue weighted by Gasteiger charge is 2.31.